The molecule has 1 heterocycles. The maximum absolute atomic E-state index is 11.2. The zero-order valence-electron chi connectivity index (χ0n) is 8.54. The third-order valence-electron chi connectivity index (χ3n) is 2.16. The molecule has 0 radical (unpaired) electrons. The molecule has 0 fully saturated rings. The topological polar surface area (TPSA) is 38.8 Å². The Labute approximate surface area is 88.4 Å². The standard InChI is InChI=1S/C9H14ClNO3/c1-4-11(5-2)7-6(10)8(12)14-9(7)13-3/h9H,4-5H2,1-3H3. The molecule has 1 aliphatic rings. The van der Waals surface area contributed by atoms with E-state index in [4.69, 9.17) is 21.1 Å². The van der Waals surface area contributed by atoms with Crippen LogP contribution in [0.4, 0.5) is 0 Å². The van der Waals surface area contributed by atoms with Crippen LogP contribution in [0, 0.1) is 0 Å². The summed E-state index contributed by atoms with van der Waals surface area (Å²) in [5.41, 5.74) is 0.629. The molecule has 14 heavy (non-hydrogen) atoms. The van der Waals surface area contributed by atoms with Crippen LogP contribution >= 0.6 is 11.6 Å². The number of cyclic esters (lactones) is 1. The van der Waals surface area contributed by atoms with Crippen molar-refractivity contribution in [3.8, 4) is 0 Å². The maximum Gasteiger partial charge on any atom is 0.354 e. The highest BCUT2D eigenvalue weighted by molar-refractivity contribution is 6.42. The lowest BCUT2D eigenvalue weighted by atomic mass is 10.3. The van der Waals surface area contributed by atoms with Crippen LogP contribution in [0.5, 0.6) is 0 Å². The molecule has 4 nitrogen and oxygen atoms in total. The second kappa shape index (κ2) is 4.66. The zero-order chi connectivity index (χ0) is 10.7. The molecule has 0 aromatic rings. The van der Waals surface area contributed by atoms with Gasteiger partial charge in [-0.2, -0.15) is 0 Å². The summed E-state index contributed by atoms with van der Waals surface area (Å²) in [7, 11) is 1.48. The SMILES string of the molecule is CCN(CC)C1=C(Cl)C(=O)OC1OC. The first kappa shape index (κ1) is 11.3. The van der Waals surface area contributed by atoms with Crippen LogP contribution in [-0.4, -0.2) is 37.4 Å². The Balaban J connectivity index is 2.95. The van der Waals surface area contributed by atoms with Crippen LogP contribution in [0.25, 0.3) is 0 Å². The summed E-state index contributed by atoms with van der Waals surface area (Å²) in [6.07, 6.45) is -0.658. The fourth-order valence-electron chi connectivity index (χ4n) is 1.42. The fraction of sp³-hybridized carbons (Fsp3) is 0.667. The van der Waals surface area contributed by atoms with E-state index in [1.807, 2.05) is 18.7 Å². The second-order valence-corrected chi connectivity index (χ2v) is 3.22. The lowest BCUT2D eigenvalue weighted by molar-refractivity contribution is -0.157. The monoisotopic (exact) mass is 219 g/mol. The second-order valence-electron chi connectivity index (χ2n) is 2.84. The molecular weight excluding hydrogens is 206 g/mol. The number of esters is 1. The highest BCUT2D eigenvalue weighted by Crippen LogP contribution is 2.28. The van der Waals surface area contributed by atoms with Gasteiger partial charge in [0.2, 0.25) is 6.29 Å². The van der Waals surface area contributed by atoms with Crippen LogP contribution in [0.2, 0.25) is 0 Å². The van der Waals surface area contributed by atoms with Crippen molar-refractivity contribution in [1.82, 2.24) is 4.90 Å². The summed E-state index contributed by atoms with van der Waals surface area (Å²) in [5, 5.41) is 0.126. The molecule has 0 amide bonds. The van der Waals surface area contributed by atoms with Crippen LogP contribution in [0.1, 0.15) is 13.8 Å². The van der Waals surface area contributed by atoms with Crippen LogP contribution in [-0.2, 0) is 14.3 Å². The summed E-state index contributed by atoms with van der Waals surface area (Å²) in [6, 6.07) is 0. The molecule has 0 bridgehead atoms. The minimum atomic E-state index is -0.658. The number of hydrogen-bond acceptors (Lipinski definition) is 4. The van der Waals surface area contributed by atoms with Crippen LogP contribution in [0.15, 0.2) is 10.7 Å². The normalized spacial score (nSPS) is 21.4. The summed E-state index contributed by atoms with van der Waals surface area (Å²) in [6.45, 7) is 5.49. The number of nitrogens with zero attached hydrogens (tertiary/aromatic N) is 1. The van der Waals surface area contributed by atoms with Gasteiger partial charge >= 0.3 is 5.97 Å². The van der Waals surface area contributed by atoms with E-state index in [-0.39, 0.29) is 5.03 Å². The number of carbonyl (C=O) groups is 1. The Morgan fingerprint density at radius 3 is 2.50 bits per heavy atom. The molecule has 0 aliphatic carbocycles. The van der Waals surface area contributed by atoms with Crippen molar-refractivity contribution in [1.29, 1.82) is 0 Å². The first-order valence-electron chi connectivity index (χ1n) is 4.54. The first-order valence-corrected chi connectivity index (χ1v) is 4.91. The fourth-order valence-corrected chi connectivity index (χ4v) is 1.68. The number of ether oxygens (including phenoxy) is 2. The van der Waals surface area contributed by atoms with Crippen molar-refractivity contribution < 1.29 is 14.3 Å². The van der Waals surface area contributed by atoms with E-state index < -0.39 is 12.3 Å². The van der Waals surface area contributed by atoms with E-state index in [1.165, 1.54) is 7.11 Å². The number of likely N-dealkylation sites (N-methyl/N-ethyl adjacent to an activating group) is 1. The Kier molecular flexibility index (Phi) is 3.77. The van der Waals surface area contributed by atoms with Crippen LogP contribution in [0.3, 0.4) is 0 Å². The van der Waals surface area contributed by atoms with Crippen LogP contribution < -0.4 is 0 Å². The smallest absolute Gasteiger partial charge is 0.354 e. The lowest BCUT2D eigenvalue weighted by Gasteiger charge is -2.24. The Hall–Kier alpha value is -0.740. The zero-order valence-corrected chi connectivity index (χ0v) is 9.30. The Bertz CT molecular complexity index is 261. The van der Waals surface area contributed by atoms with Gasteiger partial charge in [-0.15, -0.1) is 0 Å². The molecule has 0 aromatic heterocycles. The van der Waals surface area contributed by atoms with E-state index in [9.17, 15) is 4.79 Å². The van der Waals surface area contributed by atoms with E-state index >= 15 is 0 Å². The summed E-state index contributed by atoms with van der Waals surface area (Å²) in [5.74, 6) is -0.514. The lowest BCUT2D eigenvalue weighted by Crippen LogP contribution is -2.29. The minimum Gasteiger partial charge on any atom is -0.425 e. The number of methoxy groups -OCH3 is 1. The molecule has 0 N–H and O–H groups in total. The van der Waals surface area contributed by atoms with E-state index in [0.717, 1.165) is 13.1 Å². The minimum absolute atomic E-state index is 0.126. The third-order valence-corrected chi connectivity index (χ3v) is 2.51. The van der Waals surface area contributed by atoms with Crippen molar-refractivity contribution >= 4 is 17.6 Å². The van der Waals surface area contributed by atoms with Crippen molar-refractivity contribution in [3.63, 3.8) is 0 Å². The van der Waals surface area contributed by atoms with Gasteiger partial charge in [0.1, 0.15) is 5.70 Å². The molecule has 1 unspecified atom stereocenters. The Morgan fingerprint density at radius 1 is 1.50 bits per heavy atom. The highest BCUT2D eigenvalue weighted by Gasteiger charge is 2.35. The largest absolute Gasteiger partial charge is 0.425 e. The van der Waals surface area contributed by atoms with Gasteiger partial charge in [-0.05, 0) is 13.8 Å². The molecule has 0 saturated carbocycles. The molecule has 0 aromatic carbocycles. The average molecular weight is 220 g/mol. The van der Waals surface area contributed by atoms with Gasteiger partial charge in [0, 0.05) is 20.2 Å². The quantitative estimate of drug-likeness (QED) is 0.669. The van der Waals surface area contributed by atoms with Gasteiger partial charge < -0.3 is 14.4 Å². The summed E-state index contributed by atoms with van der Waals surface area (Å²) < 4.78 is 9.93. The molecular formula is C9H14ClNO3. The highest BCUT2D eigenvalue weighted by atomic mass is 35.5. The van der Waals surface area contributed by atoms with Gasteiger partial charge in [0.25, 0.3) is 0 Å². The van der Waals surface area contributed by atoms with E-state index in [1.54, 1.807) is 0 Å². The average Bonchev–Trinajstić information content (AvgIpc) is 2.47. The number of carbonyl (C=O) groups excluding carboxylic acids is 1. The summed E-state index contributed by atoms with van der Waals surface area (Å²) >= 11 is 5.84. The number of halogens is 1. The van der Waals surface area contributed by atoms with Gasteiger partial charge in [-0.1, -0.05) is 11.6 Å². The molecule has 0 spiro atoms. The van der Waals surface area contributed by atoms with Crippen molar-refractivity contribution in [3.05, 3.63) is 10.7 Å². The van der Waals surface area contributed by atoms with Gasteiger partial charge in [0.15, 0.2) is 5.03 Å². The van der Waals surface area contributed by atoms with Gasteiger partial charge in [0.05, 0.1) is 0 Å². The van der Waals surface area contributed by atoms with E-state index in [0.29, 0.717) is 5.70 Å². The first-order chi connectivity index (χ1) is 6.65. The third kappa shape index (κ3) is 1.86. The van der Waals surface area contributed by atoms with Gasteiger partial charge in [-0.3, -0.25) is 0 Å². The molecule has 1 atom stereocenters. The van der Waals surface area contributed by atoms with Gasteiger partial charge in [-0.25, -0.2) is 4.79 Å². The predicted molar refractivity (Wildman–Crippen MR) is 52.7 cm³/mol. The predicted octanol–water partition coefficient (Wildman–Crippen LogP) is 1.31. The Morgan fingerprint density at radius 2 is 2.07 bits per heavy atom. The van der Waals surface area contributed by atoms with E-state index in [2.05, 4.69) is 0 Å². The van der Waals surface area contributed by atoms with Crippen molar-refractivity contribution in [2.45, 2.75) is 20.1 Å². The molecule has 1 aliphatic heterocycles. The number of hydrogen-bond donors (Lipinski definition) is 0. The molecule has 5 heteroatoms. The molecule has 0 saturated heterocycles. The molecule has 1 rings (SSSR count). The number of rotatable bonds is 4. The molecule has 80 valence electrons. The van der Waals surface area contributed by atoms with Crippen molar-refractivity contribution in [2.75, 3.05) is 20.2 Å². The van der Waals surface area contributed by atoms with Crippen molar-refractivity contribution in [2.24, 2.45) is 0 Å². The maximum atomic E-state index is 11.2. The summed E-state index contributed by atoms with van der Waals surface area (Å²) in [4.78, 5) is 13.1.